The molecule has 0 unspecified atom stereocenters. The highest BCUT2D eigenvalue weighted by Crippen LogP contribution is 2.30. The maximum Gasteiger partial charge on any atom is 0.244 e. The van der Waals surface area contributed by atoms with Crippen molar-refractivity contribution in [3.8, 4) is 10.7 Å². The molecule has 146 valence electrons. The first-order chi connectivity index (χ1) is 12.9. The molecule has 1 amide bonds. The molecule has 0 aromatic carbocycles. The minimum absolute atomic E-state index is 0.0303. The number of likely N-dealkylation sites (tertiary alicyclic amines) is 1. The van der Waals surface area contributed by atoms with E-state index in [-0.39, 0.29) is 17.3 Å². The molecule has 0 radical (unpaired) electrons. The van der Waals surface area contributed by atoms with Crippen LogP contribution in [0.4, 0.5) is 0 Å². The molecule has 0 atom stereocenters. The Morgan fingerprint density at radius 1 is 1.15 bits per heavy atom. The monoisotopic (exact) mass is 408 g/mol. The van der Waals surface area contributed by atoms with Crippen molar-refractivity contribution >= 4 is 27.3 Å². The van der Waals surface area contributed by atoms with Gasteiger partial charge in [-0.3, -0.25) is 4.79 Å². The summed E-state index contributed by atoms with van der Waals surface area (Å²) in [6.07, 6.45) is 5.46. The second-order valence-corrected chi connectivity index (χ2v) is 9.98. The van der Waals surface area contributed by atoms with Crippen LogP contribution in [-0.2, 0) is 21.4 Å². The second-order valence-electron chi connectivity index (χ2n) is 7.18. The van der Waals surface area contributed by atoms with E-state index < -0.39 is 10.0 Å². The molecule has 4 rings (SSSR count). The van der Waals surface area contributed by atoms with Gasteiger partial charge in [-0.15, -0.1) is 11.3 Å². The van der Waals surface area contributed by atoms with Gasteiger partial charge in [0, 0.05) is 43.4 Å². The highest BCUT2D eigenvalue weighted by molar-refractivity contribution is 7.89. The summed E-state index contributed by atoms with van der Waals surface area (Å²) in [7, 11) is -3.53. The van der Waals surface area contributed by atoms with Gasteiger partial charge in [-0.25, -0.2) is 13.4 Å². The van der Waals surface area contributed by atoms with Crippen molar-refractivity contribution in [1.29, 1.82) is 0 Å². The molecular formula is C18H24N4O3S2. The average molecular weight is 409 g/mol. The highest BCUT2D eigenvalue weighted by Gasteiger charge is 2.30. The number of rotatable bonds is 5. The summed E-state index contributed by atoms with van der Waals surface area (Å²) < 4.78 is 29.2. The molecule has 4 heterocycles. The lowest BCUT2D eigenvalue weighted by Crippen LogP contribution is -2.31. The first-order valence-corrected chi connectivity index (χ1v) is 11.7. The number of hydrogen-bond acceptors (Lipinski definition) is 5. The van der Waals surface area contributed by atoms with Crippen LogP contribution in [0.15, 0.2) is 22.5 Å². The zero-order chi connectivity index (χ0) is 19.0. The molecule has 2 aromatic rings. The molecule has 2 aromatic heterocycles. The Hall–Kier alpha value is -1.71. The number of carbonyl (C=O) groups is 1. The molecule has 27 heavy (non-hydrogen) atoms. The smallest absolute Gasteiger partial charge is 0.244 e. The first-order valence-electron chi connectivity index (χ1n) is 9.36. The van der Waals surface area contributed by atoms with E-state index in [1.807, 2.05) is 17.2 Å². The number of thiazole rings is 1. The molecule has 0 spiro atoms. The molecule has 0 bridgehead atoms. The van der Waals surface area contributed by atoms with E-state index >= 15 is 0 Å². The van der Waals surface area contributed by atoms with Gasteiger partial charge in [0.15, 0.2) is 0 Å². The van der Waals surface area contributed by atoms with E-state index in [1.165, 1.54) is 15.6 Å². The van der Waals surface area contributed by atoms with E-state index in [2.05, 4.69) is 4.98 Å². The third-order valence-electron chi connectivity index (χ3n) is 5.18. The summed E-state index contributed by atoms with van der Waals surface area (Å²) in [4.78, 5) is 19.3. The van der Waals surface area contributed by atoms with Crippen molar-refractivity contribution in [3.63, 3.8) is 0 Å². The van der Waals surface area contributed by atoms with Crippen LogP contribution in [0, 0.1) is 6.92 Å². The third kappa shape index (κ3) is 3.68. The van der Waals surface area contributed by atoms with Gasteiger partial charge >= 0.3 is 0 Å². The van der Waals surface area contributed by atoms with Gasteiger partial charge in [-0.05, 0) is 38.7 Å². The van der Waals surface area contributed by atoms with Crippen molar-refractivity contribution in [1.82, 2.24) is 18.8 Å². The van der Waals surface area contributed by atoms with Gasteiger partial charge in [0.2, 0.25) is 15.9 Å². The topological polar surface area (TPSA) is 75.5 Å². The van der Waals surface area contributed by atoms with Gasteiger partial charge < -0.3 is 9.47 Å². The van der Waals surface area contributed by atoms with Crippen LogP contribution >= 0.6 is 11.3 Å². The van der Waals surface area contributed by atoms with Crippen LogP contribution in [0.1, 0.15) is 31.4 Å². The van der Waals surface area contributed by atoms with Gasteiger partial charge in [-0.2, -0.15) is 4.31 Å². The van der Waals surface area contributed by atoms with Crippen molar-refractivity contribution in [2.45, 2.75) is 44.0 Å². The first kappa shape index (κ1) is 18.6. The van der Waals surface area contributed by atoms with E-state index in [0.29, 0.717) is 18.8 Å². The Kier molecular flexibility index (Phi) is 5.09. The van der Waals surface area contributed by atoms with Crippen LogP contribution in [0.3, 0.4) is 0 Å². The molecule has 0 aliphatic carbocycles. The van der Waals surface area contributed by atoms with Crippen molar-refractivity contribution in [2.75, 3.05) is 26.2 Å². The van der Waals surface area contributed by atoms with Crippen molar-refractivity contribution < 1.29 is 13.2 Å². The van der Waals surface area contributed by atoms with E-state index in [0.717, 1.165) is 49.5 Å². The van der Waals surface area contributed by atoms with Gasteiger partial charge in [0.25, 0.3) is 0 Å². The summed E-state index contributed by atoms with van der Waals surface area (Å²) in [6, 6.07) is 1.67. The Balaban J connectivity index is 1.69. The molecule has 0 N–H and O–H groups in total. The largest absolute Gasteiger partial charge is 0.341 e. The number of hydrogen-bond donors (Lipinski definition) is 0. The number of aryl methyl sites for hydroxylation is 1. The van der Waals surface area contributed by atoms with Crippen LogP contribution < -0.4 is 0 Å². The van der Waals surface area contributed by atoms with Crippen molar-refractivity contribution in [2.24, 2.45) is 0 Å². The normalized spacial score (nSPS) is 18.5. The zero-order valence-electron chi connectivity index (χ0n) is 15.4. The predicted molar refractivity (Wildman–Crippen MR) is 104 cm³/mol. The van der Waals surface area contributed by atoms with Gasteiger partial charge in [0.1, 0.15) is 16.4 Å². The Labute approximate surface area is 163 Å². The maximum absolute atomic E-state index is 13.0. The van der Waals surface area contributed by atoms with E-state index in [4.69, 9.17) is 0 Å². The Morgan fingerprint density at radius 2 is 1.81 bits per heavy atom. The molecule has 2 aliphatic rings. The van der Waals surface area contributed by atoms with Crippen LogP contribution in [-0.4, -0.2) is 59.3 Å². The van der Waals surface area contributed by atoms with Crippen LogP contribution in [0.2, 0.25) is 0 Å². The van der Waals surface area contributed by atoms with Crippen molar-refractivity contribution in [3.05, 3.63) is 23.3 Å². The molecule has 0 saturated carbocycles. The van der Waals surface area contributed by atoms with E-state index in [9.17, 15) is 13.2 Å². The van der Waals surface area contributed by atoms with Gasteiger partial charge in [0.05, 0.1) is 5.69 Å². The number of aromatic nitrogens is 2. The molecule has 2 saturated heterocycles. The minimum Gasteiger partial charge on any atom is -0.341 e. The molecule has 9 heteroatoms. The molecule has 7 nitrogen and oxygen atoms in total. The third-order valence-corrected chi connectivity index (χ3v) is 8.02. The SMILES string of the molecule is Cc1csc(-c2cc(S(=O)(=O)N3CCCC3)cn2CC(=O)N2CCCC2)n1. The Morgan fingerprint density at radius 3 is 2.44 bits per heavy atom. The van der Waals surface area contributed by atoms with Crippen LogP contribution in [0.25, 0.3) is 10.7 Å². The lowest BCUT2D eigenvalue weighted by Gasteiger charge is -2.16. The van der Waals surface area contributed by atoms with Gasteiger partial charge in [-0.1, -0.05) is 0 Å². The summed E-state index contributed by atoms with van der Waals surface area (Å²) in [5.74, 6) is 0.0303. The summed E-state index contributed by atoms with van der Waals surface area (Å²) in [6.45, 7) is 4.74. The zero-order valence-corrected chi connectivity index (χ0v) is 17.1. The fraction of sp³-hybridized carbons (Fsp3) is 0.556. The minimum atomic E-state index is -3.53. The number of sulfonamides is 1. The summed E-state index contributed by atoms with van der Waals surface area (Å²) in [5, 5.41) is 2.67. The molecule has 2 fully saturated rings. The fourth-order valence-corrected chi connectivity index (χ4v) is 6.08. The lowest BCUT2D eigenvalue weighted by molar-refractivity contribution is -0.130. The number of nitrogens with zero attached hydrogens (tertiary/aromatic N) is 4. The molecule has 2 aliphatic heterocycles. The summed E-state index contributed by atoms with van der Waals surface area (Å²) >= 11 is 1.47. The quantitative estimate of drug-likeness (QED) is 0.761. The predicted octanol–water partition coefficient (Wildman–Crippen LogP) is 2.33. The molecular weight excluding hydrogens is 384 g/mol. The highest BCUT2D eigenvalue weighted by atomic mass is 32.2. The average Bonchev–Trinajstić information content (AvgIpc) is 3.41. The Bertz CT molecular complexity index is 936. The van der Waals surface area contributed by atoms with Crippen LogP contribution in [0.5, 0.6) is 0 Å². The standard InChI is InChI=1S/C18H24N4O3S2/c1-14-13-26-18(19-14)16-10-15(27(24,25)22-8-4-5-9-22)11-21(16)12-17(23)20-6-2-3-7-20/h10-11,13H,2-9,12H2,1H3. The second kappa shape index (κ2) is 7.37. The maximum atomic E-state index is 13.0. The lowest BCUT2D eigenvalue weighted by atomic mass is 10.4. The fourth-order valence-electron chi connectivity index (χ4n) is 3.70. The van der Waals surface area contributed by atoms with E-state index in [1.54, 1.807) is 16.8 Å². The number of amides is 1. The summed E-state index contributed by atoms with van der Waals surface area (Å²) in [5.41, 5.74) is 1.58. The number of carbonyl (C=O) groups excluding carboxylic acids is 1.